The van der Waals surface area contributed by atoms with E-state index in [4.69, 9.17) is 0 Å². The third-order valence-corrected chi connectivity index (χ3v) is 4.21. The number of rotatable bonds is 10. The second-order valence-corrected chi connectivity index (χ2v) is 5.99. The molecule has 1 rings (SSSR count). The van der Waals surface area contributed by atoms with Gasteiger partial charge in [0.25, 0.3) is 0 Å². The number of nitrogens with one attached hydrogen (secondary N) is 1. The van der Waals surface area contributed by atoms with Crippen molar-refractivity contribution in [3.8, 4) is 0 Å². The van der Waals surface area contributed by atoms with E-state index in [1.54, 1.807) is 11.4 Å². The average Bonchev–Trinajstić information content (AvgIpc) is 2.93. The molecule has 0 atom stereocenters. The van der Waals surface area contributed by atoms with Gasteiger partial charge in [-0.05, 0) is 17.9 Å². The normalized spacial score (nSPS) is 10.4. The summed E-state index contributed by atoms with van der Waals surface area (Å²) in [6, 6.07) is 1.74. The fraction of sp³-hybridized carbons (Fsp3) is 0.625. The average molecular weight is 311 g/mol. The van der Waals surface area contributed by atoms with Crippen LogP contribution in [0.5, 0.6) is 0 Å². The third-order valence-electron chi connectivity index (χ3n) is 3.32. The van der Waals surface area contributed by atoms with Gasteiger partial charge in [-0.3, -0.25) is 4.79 Å². The van der Waals surface area contributed by atoms with Crippen LogP contribution in [0.15, 0.2) is 11.4 Å². The molecule has 1 heterocycles. The first kappa shape index (κ1) is 17.7. The highest BCUT2D eigenvalue weighted by atomic mass is 32.1. The molecule has 0 fully saturated rings. The molecular formula is C16H25NO3S. The molecule has 0 aromatic carbocycles. The van der Waals surface area contributed by atoms with Gasteiger partial charge in [0.05, 0.1) is 12.8 Å². The zero-order valence-corrected chi connectivity index (χ0v) is 13.8. The fourth-order valence-electron chi connectivity index (χ4n) is 2.11. The van der Waals surface area contributed by atoms with Crippen molar-refractivity contribution in [2.75, 3.05) is 12.4 Å². The first-order valence-electron chi connectivity index (χ1n) is 7.64. The molecule has 0 unspecified atom stereocenters. The summed E-state index contributed by atoms with van der Waals surface area (Å²) in [6.45, 7) is 2.21. The van der Waals surface area contributed by atoms with Gasteiger partial charge in [-0.2, -0.15) is 0 Å². The first-order valence-corrected chi connectivity index (χ1v) is 8.52. The molecule has 0 radical (unpaired) electrons. The van der Waals surface area contributed by atoms with Gasteiger partial charge >= 0.3 is 5.97 Å². The van der Waals surface area contributed by atoms with E-state index < -0.39 is 5.97 Å². The Morgan fingerprint density at radius 1 is 1.14 bits per heavy atom. The van der Waals surface area contributed by atoms with Gasteiger partial charge in [-0.25, -0.2) is 4.79 Å². The highest BCUT2D eigenvalue weighted by molar-refractivity contribution is 7.12. The summed E-state index contributed by atoms with van der Waals surface area (Å²) >= 11 is 1.27. The van der Waals surface area contributed by atoms with Crippen LogP contribution in [0, 0.1) is 0 Å². The van der Waals surface area contributed by atoms with Gasteiger partial charge < -0.3 is 10.1 Å². The number of unbranched alkanes of at least 4 members (excludes halogenated alkanes) is 6. The first-order chi connectivity index (χ1) is 10.2. The van der Waals surface area contributed by atoms with Crippen molar-refractivity contribution in [2.24, 2.45) is 0 Å². The van der Waals surface area contributed by atoms with Gasteiger partial charge in [0, 0.05) is 6.42 Å². The van der Waals surface area contributed by atoms with Crippen molar-refractivity contribution >= 4 is 28.9 Å². The van der Waals surface area contributed by atoms with Gasteiger partial charge in [-0.15, -0.1) is 11.3 Å². The van der Waals surface area contributed by atoms with Crippen molar-refractivity contribution in [1.29, 1.82) is 0 Å². The summed E-state index contributed by atoms with van der Waals surface area (Å²) in [5.41, 5.74) is 0.555. The van der Waals surface area contributed by atoms with E-state index in [-0.39, 0.29) is 5.91 Å². The zero-order chi connectivity index (χ0) is 15.5. The molecule has 1 N–H and O–H groups in total. The van der Waals surface area contributed by atoms with Gasteiger partial charge in [0.2, 0.25) is 5.91 Å². The molecule has 0 saturated heterocycles. The Hall–Kier alpha value is -1.36. The Balaban J connectivity index is 2.22. The minimum absolute atomic E-state index is 0.0351. The Morgan fingerprint density at radius 2 is 1.81 bits per heavy atom. The number of thiophene rings is 1. The van der Waals surface area contributed by atoms with Crippen molar-refractivity contribution < 1.29 is 14.3 Å². The summed E-state index contributed by atoms with van der Waals surface area (Å²) in [5, 5.41) is 4.56. The molecule has 0 aliphatic rings. The lowest BCUT2D eigenvalue weighted by Crippen LogP contribution is -2.13. The minimum Gasteiger partial charge on any atom is -0.465 e. The van der Waals surface area contributed by atoms with Crippen molar-refractivity contribution in [2.45, 2.75) is 58.3 Å². The second kappa shape index (κ2) is 10.4. The Labute approximate surface area is 130 Å². The molecule has 1 amide bonds. The van der Waals surface area contributed by atoms with E-state index in [1.807, 2.05) is 0 Å². The van der Waals surface area contributed by atoms with Crippen LogP contribution in [-0.2, 0) is 9.53 Å². The summed E-state index contributed by atoms with van der Waals surface area (Å²) in [7, 11) is 1.34. The quantitative estimate of drug-likeness (QED) is 0.507. The number of amides is 1. The number of carbonyl (C=O) groups excluding carboxylic acids is 2. The predicted molar refractivity (Wildman–Crippen MR) is 86.9 cm³/mol. The lowest BCUT2D eigenvalue weighted by Gasteiger charge is -2.05. The van der Waals surface area contributed by atoms with Crippen LogP contribution in [-0.4, -0.2) is 19.0 Å². The Bertz CT molecular complexity index is 442. The standard InChI is InChI=1S/C16H25NO3S/c1-3-4-5-6-7-8-9-10-14(18)17-13-11-12-21-15(13)16(19)20-2/h11-12H,3-10H2,1-2H3,(H,17,18). The van der Waals surface area contributed by atoms with E-state index >= 15 is 0 Å². The number of hydrogen-bond acceptors (Lipinski definition) is 4. The molecule has 21 heavy (non-hydrogen) atoms. The predicted octanol–water partition coefficient (Wildman–Crippen LogP) is 4.61. The number of esters is 1. The number of ether oxygens (including phenoxy) is 1. The third kappa shape index (κ3) is 6.76. The molecule has 4 nitrogen and oxygen atoms in total. The summed E-state index contributed by atoms with van der Waals surface area (Å²) < 4.78 is 4.68. The van der Waals surface area contributed by atoms with Crippen LogP contribution < -0.4 is 5.32 Å². The van der Waals surface area contributed by atoms with Crippen molar-refractivity contribution in [3.05, 3.63) is 16.3 Å². The molecule has 1 aromatic heterocycles. The molecule has 0 aliphatic carbocycles. The smallest absolute Gasteiger partial charge is 0.350 e. The SMILES string of the molecule is CCCCCCCCCC(=O)Nc1ccsc1C(=O)OC. The molecule has 0 aliphatic heterocycles. The monoisotopic (exact) mass is 311 g/mol. The number of anilines is 1. The molecule has 118 valence electrons. The van der Waals surface area contributed by atoms with Gasteiger partial charge in [0.15, 0.2) is 0 Å². The van der Waals surface area contributed by atoms with Crippen LogP contribution in [0.3, 0.4) is 0 Å². The van der Waals surface area contributed by atoms with Crippen LogP contribution in [0.4, 0.5) is 5.69 Å². The lowest BCUT2D eigenvalue weighted by atomic mass is 10.1. The van der Waals surface area contributed by atoms with E-state index in [9.17, 15) is 9.59 Å². The van der Waals surface area contributed by atoms with Gasteiger partial charge in [-0.1, -0.05) is 45.4 Å². The fourth-order valence-corrected chi connectivity index (χ4v) is 2.88. The van der Waals surface area contributed by atoms with Gasteiger partial charge in [0.1, 0.15) is 4.88 Å². The summed E-state index contributed by atoms with van der Waals surface area (Å²) in [5.74, 6) is -0.441. The van der Waals surface area contributed by atoms with Crippen LogP contribution >= 0.6 is 11.3 Å². The van der Waals surface area contributed by atoms with Crippen LogP contribution in [0.1, 0.15) is 68.0 Å². The van der Waals surface area contributed by atoms with E-state index in [0.717, 1.165) is 12.8 Å². The van der Waals surface area contributed by atoms with Crippen LogP contribution in [0.2, 0.25) is 0 Å². The highest BCUT2D eigenvalue weighted by Gasteiger charge is 2.15. The number of carbonyl (C=O) groups is 2. The topological polar surface area (TPSA) is 55.4 Å². The largest absolute Gasteiger partial charge is 0.465 e. The minimum atomic E-state index is -0.406. The second-order valence-electron chi connectivity index (χ2n) is 5.07. The summed E-state index contributed by atoms with van der Waals surface area (Å²) in [6.07, 6.45) is 8.79. The molecule has 5 heteroatoms. The Kier molecular flexibility index (Phi) is 8.74. The highest BCUT2D eigenvalue weighted by Crippen LogP contribution is 2.23. The van der Waals surface area contributed by atoms with Crippen LogP contribution in [0.25, 0.3) is 0 Å². The summed E-state index contributed by atoms with van der Waals surface area (Å²) in [4.78, 5) is 23.8. The molecule has 0 saturated carbocycles. The maximum absolute atomic E-state index is 11.9. The van der Waals surface area contributed by atoms with E-state index in [1.165, 1.54) is 50.6 Å². The Morgan fingerprint density at radius 3 is 2.48 bits per heavy atom. The molecular weight excluding hydrogens is 286 g/mol. The number of hydrogen-bond donors (Lipinski definition) is 1. The molecule has 0 spiro atoms. The van der Waals surface area contributed by atoms with Crippen molar-refractivity contribution in [1.82, 2.24) is 0 Å². The molecule has 0 bridgehead atoms. The van der Waals surface area contributed by atoms with E-state index in [2.05, 4.69) is 17.0 Å². The van der Waals surface area contributed by atoms with E-state index in [0.29, 0.717) is 17.0 Å². The zero-order valence-electron chi connectivity index (χ0n) is 12.9. The van der Waals surface area contributed by atoms with Crippen molar-refractivity contribution in [3.63, 3.8) is 0 Å². The maximum Gasteiger partial charge on any atom is 0.350 e. The maximum atomic E-state index is 11.9. The molecule has 1 aromatic rings. The number of methoxy groups -OCH3 is 1. The lowest BCUT2D eigenvalue weighted by molar-refractivity contribution is -0.116.